The van der Waals surface area contributed by atoms with Gasteiger partial charge in [0, 0.05) is 32.7 Å². The van der Waals surface area contributed by atoms with E-state index in [1.165, 1.54) is 4.90 Å². The highest BCUT2D eigenvalue weighted by Crippen LogP contribution is 2.22. The zero-order chi connectivity index (χ0) is 15.3. The lowest BCUT2D eigenvalue weighted by atomic mass is 10.1. The van der Waals surface area contributed by atoms with Crippen molar-refractivity contribution in [3.05, 3.63) is 0 Å². The predicted octanol–water partition coefficient (Wildman–Crippen LogP) is 2.02. The van der Waals surface area contributed by atoms with E-state index in [1.54, 1.807) is 4.90 Å². The smallest absolute Gasteiger partial charge is 0.338 e. The zero-order valence-electron chi connectivity index (χ0n) is 12.0. The quantitative estimate of drug-likeness (QED) is 0.862. The van der Waals surface area contributed by atoms with Gasteiger partial charge in [-0.2, -0.15) is 24.9 Å². The van der Waals surface area contributed by atoms with Crippen molar-refractivity contribution in [3.63, 3.8) is 0 Å². The summed E-state index contributed by atoms with van der Waals surface area (Å²) in [5.41, 5.74) is 0. The molecule has 122 valence electrons. The first kappa shape index (κ1) is 16.7. The van der Waals surface area contributed by atoms with Crippen LogP contribution in [-0.4, -0.2) is 72.8 Å². The molecule has 1 N–H and O–H groups in total. The molecular weight excluding hydrogens is 303 g/mol. The van der Waals surface area contributed by atoms with Crippen molar-refractivity contribution in [1.29, 1.82) is 0 Å². The summed E-state index contributed by atoms with van der Waals surface area (Å²) in [7, 11) is 0. The Morgan fingerprint density at radius 1 is 1.24 bits per heavy atom. The lowest BCUT2D eigenvalue weighted by Gasteiger charge is -2.23. The lowest BCUT2D eigenvalue weighted by Crippen LogP contribution is -2.44. The molecule has 2 aliphatic heterocycles. The SMILES string of the molecule is O=C(NC[C@H]1CCSC1)N1CCCN(CC(F)(F)F)CC1. The summed E-state index contributed by atoms with van der Waals surface area (Å²) in [6.45, 7) is 1.35. The zero-order valence-corrected chi connectivity index (χ0v) is 12.8. The summed E-state index contributed by atoms with van der Waals surface area (Å²) in [5, 5.41) is 2.92. The summed E-state index contributed by atoms with van der Waals surface area (Å²) in [5.74, 6) is 2.77. The summed E-state index contributed by atoms with van der Waals surface area (Å²) in [6, 6.07) is -0.138. The number of carbonyl (C=O) groups excluding carboxylic acids is 1. The van der Waals surface area contributed by atoms with Crippen molar-refractivity contribution < 1.29 is 18.0 Å². The van der Waals surface area contributed by atoms with E-state index >= 15 is 0 Å². The molecule has 0 aromatic carbocycles. The second-order valence-corrected chi connectivity index (χ2v) is 6.80. The average Bonchev–Trinajstić information content (AvgIpc) is 2.81. The van der Waals surface area contributed by atoms with Gasteiger partial charge in [-0.15, -0.1) is 0 Å². The Kier molecular flexibility index (Phi) is 6.04. The number of nitrogens with one attached hydrogen (secondary N) is 1. The number of rotatable bonds is 3. The number of urea groups is 1. The monoisotopic (exact) mass is 325 g/mol. The number of hydrogen-bond acceptors (Lipinski definition) is 3. The van der Waals surface area contributed by atoms with Crippen LogP contribution in [0.2, 0.25) is 0 Å². The summed E-state index contributed by atoms with van der Waals surface area (Å²) < 4.78 is 37.2. The molecule has 2 amide bonds. The van der Waals surface area contributed by atoms with Crippen LogP contribution in [0.25, 0.3) is 0 Å². The van der Waals surface area contributed by atoms with Crippen molar-refractivity contribution in [1.82, 2.24) is 15.1 Å². The molecule has 0 aliphatic carbocycles. The van der Waals surface area contributed by atoms with E-state index in [4.69, 9.17) is 0 Å². The van der Waals surface area contributed by atoms with E-state index in [1.807, 2.05) is 11.8 Å². The van der Waals surface area contributed by atoms with Crippen LogP contribution in [0.15, 0.2) is 0 Å². The van der Waals surface area contributed by atoms with E-state index in [-0.39, 0.29) is 12.6 Å². The number of nitrogens with zero attached hydrogens (tertiary/aromatic N) is 2. The lowest BCUT2D eigenvalue weighted by molar-refractivity contribution is -0.145. The summed E-state index contributed by atoms with van der Waals surface area (Å²) >= 11 is 1.90. The number of alkyl halides is 3. The van der Waals surface area contributed by atoms with Crippen LogP contribution >= 0.6 is 11.8 Å². The molecule has 8 heteroatoms. The molecule has 1 atom stereocenters. The third-order valence-electron chi connectivity index (χ3n) is 3.84. The van der Waals surface area contributed by atoms with E-state index in [2.05, 4.69) is 5.32 Å². The highest BCUT2D eigenvalue weighted by atomic mass is 32.2. The molecule has 0 unspecified atom stereocenters. The van der Waals surface area contributed by atoms with Gasteiger partial charge in [0.1, 0.15) is 0 Å². The molecule has 0 aromatic rings. The van der Waals surface area contributed by atoms with Gasteiger partial charge in [-0.1, -0.05) is 0 Å². The van der Waals surface area contributed by atoms with Gasteiger partial charge < -0.3 is 10.2 Å². The normalized spacial score (nSPS) is 24.9. The van der Waals surface area contributed by atoms with Crippen LogP contribution in [0, 0.1) is 5.92 Å². The number of amides is 2. The fourth-order valence-corrected chi connectivity index (χ4v) is 3.96. The van der Waals surface area contributed by atoms with Crippen LogP contribution in [0.5, 0.6) is 0 Å². The Bertz CT molecular complexity index is 348. The van der Waals surface area contributed by atoms with E-state index in [9.17, 15) is 18.0 Å². The first-order valence-corrected chi connectivity index (χ1v) is 8.49. The minimum Gasteiger partial charge on any atom is -0.338 e. The van der Waals surface area contributed by atoms with Crippen molar-refractivity contribution >= 4 is 17.8 Å². The van der Waals surface area contributed by atoms with Crippen molar-refractivity contribution in [2.24, 2.45) is 5.92 Å². The predicted molar refractivity (Wildman–Crippen MR) is 77.5 cm³/mol. The first-order valence-electron chi connectivity index (χ1n) is 7.34. The van der Waals surface area contributed by atoms with Crippen LogP contribution in [0.1, 0.15) is 12.8 Å². The van der Waals surface area contributed by atoms with E-state index in [0.717, 1.165) is 17.9 Å². The van der Waals surface area contributed by atoms with Gasteiger partial charge in [-0.25, -0.2) is 4.79 Å². The second-order valence-electron chi connectivity index (χ2n) is 5.65. The maximum absolute atomic E-state index is 12.4. The Balaban J connectivity index is 1.72. The fraction of sp³-hybridized carbons (Fsp3) is 0.923. The minimum atomic E-state index is -4.17. The summed E-state index contributed by atoms with van der Waals surface area (Å²) in [4.78, 5) is 15.1. The van der Waals surface area contributed by atoms with Crippen LogP contribution in [-0.2, 0) is 0 Å². The second kappa shape index (κ2) is 7.58. The van der Waals surface area contributed by atoms with Gasteiger partial charge in [-0.3, -0.25) is 4.90 Å². The molecule has 2 saturated heterocycles. The molecule has 2 aliphatic rings. The topological polar surface area (TPSA) is 35.6 Å². The van der Waals surface area contributed by atoms with Gasteiger partial charge >= 0.3 is 12.2 Å². The van der Waals surface area contributed by atoms with E-state index < -0.39 is 12.7 Å². The van der Waals surface area contributed by atoms with Gasteiger partial charge in [0.25, 0.3) is 0 Å². The van der Waals surface area contributed by atoms with Crippen molar-refractivity contribution in [2.75, 3.05) is 50.8 Å². The van der Waals surface area contributed by atoms with E-state index in [0.29, 0.717) is 38.5 Å². The Morgan fingerprint density at radius 2 is 2.05 bits per heavy atom. The van der Waals surface area contributed by atoms with Crippen LogP contribution in [0.3, 0.4) is 0 Å². The molecule has 2 rings (SSSR count). The Hall–Kier alpha value is -0.630. The molecular formula is C13H22F3N3OS. The number of thioether (sulfide) groups is 1. The minimum absolute atomic E-state index is 0.138. The van der Waals surface area contributed by atoms with Gasteiger partial charge in [0.15, 0.2) is 0 Å². The maximum atomic E-state index is 12.4. The Morgan fingerprint density at radius 3 is 2.71 bits per heavy atom. The molecule has 21 heavy (non-hydrogen) atoms. The number of hydrogen-bond donors (Lipinski definition) is 1. The van der Waals surface area contributed by atoms with Gasteiger partial charge in [0.05, 0.1) is 6.54 Å². The number of carbonyl (C=O) groups is 1. The standard InChI is InChI=1S/C13H22F3N3OS/c14-13(15,16)10-18-3-1-4-19(6-5-18)12(20)17-8-11-2-7-21-9-11/h11H,1-10H2,(H,17,20)/t11-/m1/s1. The third-order valence-corrected chi connectivity index (χ3v) is 5.08. The van der Waals surface area contributed by atoms with Crippen molar-refractivity contribution in [2.45, 2.75) is 19.0 Å². The third kappa shape index (κ3) is 5.94. The molecule has 4 nitrogen and oxygen atoms in total. The molecule has 2 fully saturated rings. The highest BCUT2D eigenvalue weighted by molar-refractivity contribution is 7.99. The molecule has 0 bridgehead atoms. The largest absolute Gasteiger partial charge is 0.401 e. The molecule has 2 heterocycles. The van der Waals surface area contributed by atoms with Gasteiger partial charge in [0.2, 0.25) is 0 Å². The molecule has 0 aromatic heterocycles. The first-order chi connectivity index (χ1) is 9.94. The summed E-state index contributed by atoms with van der Waals surface area (Å²) in [6.07, 6.45) is -2.45. The molecule has 0 spiro atoms. The van der Waals surface area contributed by atoms with Crippen molar-refractivity contribution in [3.8, 4) is 0 Å². The maximum Gasteiger partial charge on any atom is 0.401 e. The fourth-order valence-electron chi connectivity index (χ4n) is 2.67. The van der Waals surface area contributed by atoms with Gasteiger partial charge in [-0.05, 0) is 30.3 Å². The molecule has 0 radical (unpaired) electrons. The Labute approximate surface area is 127 Å². The number of halogens is 3. The molecule has 0 saturated carbocycles. The highest BCUT2D eigenvalue weighted by Gasteiger charge is 2.31. The van der Waals surface area contributed by atoms with Crippen LogP contribution < -0.4 is 5.32 Å². The van der Waals surface area contributed by atoms with Crippen LogP contribution in [0.4, 0.5) is 18.0 Å². The average molecular weight is 325 g/mol.